The number of phenolic OH excluding ortho intramolecular Hbond substituents is 1. The number of carbonyl (C=O) groups is 2. The van der Waals surface area contributed by atoms with Gasteiger partial charge in [0.15, 0.2) is 22.8 Å². The molecule has 1 N–H and O–H groups in total. The van der Waals surface area contributed by atoms with Crippen LogP contribution < -0.4 is 9.47 Å². The molecule has 0 radical (unpaired) electrons. The van der Waals surface area contributed by atoms with Crippen LogP contribution in [0.4, 0.5) is 0 Å². The normalized spacial score (nSPS) is 31.2. The summed E-state index contributed by atoms with van der Waals surface area (Å²) in [6.45, 7) is 15.4. The molecule has 2 fully saturated rings. The van der Waals surface area contributed by atoms with Gasteiger partial charge in [-0.1, -0.05) is 44.4 Å². The number of allylic oxidation sites excluding steroid dienone is 2. The number of carbonyl (C=O) groups excluding carboxylic acids is 2. The standard InChI is InChI=1S/C35H45NO6/c1-7-9-15-36(16-10-8-2)19-24-23-17-25-31(38)29-28(18-27-22(30(29)37)12-13-33(5,6)41-27)42-35(25)26(24)20-40-34(35,32(23)39)14-11-21(3)4/h11-13,17-18,23-24,26,37H,7-10,14-16,19-20H2,1-6H3/t23-,24+,26-,34+,35-/m1/s1. The van der Waals surface area contributed by atoms with Crippen molar-refractivity contribution >= 4 is 17.6 Å². The number of aromatic hydroxyl groups is 1. The molecule has 3 aliphatic heterocycles. The van der Waals surface area contributed by atoms with Gasteiger partial charge in [-0.15, -0.1) is 0 Å². The highest BCUT2D eigenvalue weighted by molar-refractivity contribution is 6.18. The quantitative estimate of drug-likeness (QED) is 0.328. The van der Waals surface area contributed by atoms with E-state index in [-0.39, 0.29) is 40.5 Å². The highest BCUT2D eigenvalue weighted by atomic mass is 16.6. The van der Waals surface area contributed by atoms with Gasteiger partial charge in [-0.05, 0) is 71.7 Å². The van der Waals surface area contributed by atoms with Crippen LogP contribution in [0.25, 0.3) is 6.08 Å². The molecule has 4 bridgehead atoms. The lowest BCUT2D eigenvalue weighted by molar-refractivity contribution is -0.171. The van der Waals surface area contributed by atoms with Crippen molar-refractivity contribution in [3.8, 4) is 17.2 Å². The van der Waals surface area contributed by atoms with E-state index < -0.39 is 22.7 Å². The average Bonchev–Trinajstić information content (AvgIpc) is 3.22. The fourth-order valence-corrected chi connectivity index (χ4v) is 7.87. The molecule has 1 spiro atoms. The summed E-state index contributed by atoms with van der Waals surface area (Å²) in [7, 11) is 0. The Bertz CT molecular complexity index is 1390. The summed E-state index contributed by atoms with van der Waals surface area (Å²) in [6.07, 6.45) is 12.3. The number of ether oxygens (including phenoxy) is 3. The molecule has 7 rings (SSSR count). The second kappa shape index (κ2) is 10.4. The van der Waals surface area contributed by atoms with Crippen molar-refractivity contribution in [3.63, 3.8) is 0 Å². The van der Waals surface area contributed by atoms with Gasteiger partial charge in [-0.2, -0.15) is 0 Å². The van der Waals surface area contributed by atoms with Crippen LogP contribution in [0, 0.1) is 17.8 Å². The lowest BCUT2D eigenvalue weighted by Gasteiger charge is -2.58. The van der Waals surface area contributed by atoms with Crippen LogP contribution in [-0.2, 0) is 9.53 Å². The first-order valence-electron chi connectivity index (χ1n) is 15.8. The molecular weight excluding hydrogens is 530 g/mol. The molecule has 6 aliphatic rings. The predicted octanol–water partition coefficient (Wildman–Crippen LogP) is 6.29. The zero-order valence-corrected chi connectivity index (χ0v) is 25.9. The summed E-state index contributed by atoms with van der Waals surface area (Å²) < 4.78 is 19.8. The van der Waals surface area contributed by atoms with Crippen LogP contribution in [0.15, 0.2) is 35.4 Å². The molecule has 1 saturated heterocycles. The van der Waals surface area contributed by atoms with Gasteiger partial charge in [-0.25, -0.2) is 0 Å². The van der Waals surface area contributed by atoms with E-state index in [4.69, 9.17) is 14.2 Å². The maximum absolute atomic E-state index is 14.6. The fourth-order valence-electron chi connectivity index (χ4n) is 7.87. The Hall–Kier alpha value is -2.90. The molecule has 7 nitrogen and oxygen atoms in total. The van der Waals surface area contributed by atoms with E-state index in [2.05, 4.69) is 18.7 Å². The first-order chi connectivity index (χ1) is 20.0. The Kier molecular flexibility index (Phi) is 7.21. The molecule has 3 aliphatic carbocycles. The molecule has 0 aromatic heterocycles. The first-order valence-corrected chi connectivity index (χ1v) is 15.8. The van der Waals surface area contributed by atoms with Crippen molar-refractivity contribution in [2.45, 2.75) is 90.4 Å². The van der Waals surface area contributed by atoms with Crippen molar-refractivity contribution in [3.05, 3.63) is 46.6 Å². The lowest BCUT2D eigenvalue weighted by atomic mass is 9.49. The van der Waals surface area contributed by atoms with E-state index in [1.807, 2.05) is 45.9 Å². The van der Waals surface area contributed by atoms with Crippen molar-refractivity contribution < 1.29 is 28.9 Å². The minimum absolute atomic E-state index is 0.00665. The van der Waals surface area contributed by atoms with Gasteiger partial charge in [0.25, 0.3) is 0 Å². The highest BCUT2D eigenvalue weighted by Crippen LogP contribution is 2.65. The zero-order chi connectivity index (χ0) is 30.0. The Morgan fingerprint density at radius 3 is 2.48 bits per heavy atom. The number of nitrogens with zero attached hydrogens (tertiary/aromatic N) is 1. The second-order valence-corrected chi connectivity index (χ2v) is 13.6. The van der Waals surface area contributed by atoms with Crippen molar-refractivity contribution in [1.82, 2.24) is 4.90 Å². The van der Waals surface area contributed by atoms with Crippen LogP contribution in [0.2, 0.25) is 0 Å². The first kappa shape index (κ1) is 29.2. The molecule has 1 aromatic carbocycles. The Balaban J connectivity index is 1.49. The minimum Gasteiger partial charge on any atom is -0.506 e. The maximum atomic E-state index is 14.6. The lowest BCUT2D eigenvalue weighted by Crippen LogP contribution is -2.74. The van der Waals surface area contributed by atoms with E-state index in [1.54, 1.807) is 12.1 Å². The monoisotopic (exact) mass is 575 g/mol. The van der Waals surface area contributed by atoms with Crippen LogP contribution in [-0.4, -0.2) is 64.6 Å². The number of Topliss-reactive ketones (excluding diaryl/α,β-unsaturated/α-hetero) is 2. The number of rotatable bonds is 10. The molecule has 1 saturated carbocycles. The van der Waals surface area contributed by atoms with Gasteiger partial charge < -0.3 is 24.2 Å². The van der Waals surface area contributed by atoms with E-state index >= 15 is 0 Å². The van der Waals surface area contributed by atoms with E-state index in [1.165, 1.54) is 0 Å². The number of hydrogen-bond donors (Lipinski definition) is 1. The number of unbranched alkanes of at least 4 members (excludes halogenated alkanes) is 2. The van der Waals surface area contributed by atoms with Gasteiger partial charge in [0, 0.05) is 36.4 Å². The number of ketones is 2. The molecule has 0 amide bonds. The zero-order valence-electron chi connectivity index (χ0n) is 25.9. The van der Waals surface area contributed by atoms with Gasteiger partial charge in [0.1, 0.15) is 28.4 Å². The maximum Gasteiger partial charge on any atom is 0.200 e. The van der Waals surface area contributed by atoms with Gasteiger partial charge in [0.05, 0.1) is 12.2 Å². The second-order valence-electron chi connectivity index (χ2n) is 13.6. The van der Waals surface area contributed by atoms with Gasteiger partial charge >= 0.3 is 0 Å². The van der Waals surface area contributed by atoms with E-state index in [0.717, 1.165) is 50.9 Å². The van der Waals surface area contributed by atoms with Gasteiger partial charge in [0.2, 0.25) is 0 Å². The number of phenols is 1. The topological polar surface area (TPSA) is 85.3 Å². The third-order valence-electron chi connectivity index (χ3n) is 10.0. The molecule has 1 aromatic rings. The summed E-state index contributed by atoms with van der Waals surface area (Å²) in [5.74, 6) is -0.347. The molecule has 0 unspecified atom stereocenters. The molecule has 5 atom stereocenters. The van der Waals surface area contributed by atoms with Crippen LogP contribution >= 0.6 is 0 Å². The van der Waals surface area contributed by atoms with Crippen molar-refractivity contribution in [1.29, 1.82) is 0 Å². The molecule has 226 valence electrons. The van der Waals surface area contributed by atoms with E-state index in [9.17, 15) is 14.7 Å². The highest BCUT2D eigenvalue weighted by Gasteiger charge is 2.79. The molecular formula is C35H45NO6. The Labute approximate surface area is 249 Å². The van der Waals surface area contributed by atoms with E-state index in [0.29, 0.717) is 29.9 Å². The minimum atomic E-state index is -1.29. The molecule has 3 heterocycles. The number of hydrogen-bond acceptors (Lipinski definition) is 7. The predicted molar refractivity (Wildman–Crippen MR) is 162 cm³/mol. The fraction of sp³-hybridized carbons (Fsp3) is 0.600. The summed E-state index contributed by atoms with van der Waals surface area (Å²) in [5, 5.41) is 11.4. The average molecular weight is 576 g/mol. The largest absolute Gasteiger partial charge is 0.506 e. The summed E-state index contributed by atoms with van der Waals surface area (Å²) in [4.78, 5) is 31.5. The number of benzene rings is 1. The van der Waals surface area contributed by atoms with Crippen LogP contribution in [0.5, 0.6) is 17.2 Å². The van der Waals surface area contributed by atoms with Crippen LogP contribution in [0.1, 0.15) is 89.6 Å². The summed E-state index contributed by atoms with van der Waals surface area (Å²) in [6, 6.07) is 1.72. The van der Waals surface area contributed by atoms with Crippen LogP contribution in [0.3, 0.4) is 0 Å². The molecule has 7 heteroatoms. The SMILES string of the molecule is CCCCN(CCCC)C[C@@H]1[C@H]2CO[C@@]3(CC=C(C)C)C(=O)[C@@H]1C=C1C(=O)c4c(cc5c(c4O)C=CC(C)(C)O5)O[C@]123. The molecule has 42 heavy (non-hydrogen) atoms. The Morgan fingerprint density at radius 2 is 1.81 bits per heavy atom. The smallest absolute Gasteiger partial charge is 0.200 e. The van der Waals surface area contributed by atoms with Crippen molar-refractivity contribution in [2.24, 2.45) is 17.8 Å². The summed E-state index contributed by atoms with van der Waals surface area (Å²) >= 11 is 0. The summed E-state index contributed by atoms with van der Waals surface area (Å²) in [5.41, 5.74) is -0.987. The van der Waals surface area contributed by atoms with Crippen molar-refractivity contribution in [2.75, 3.05) is 26.2 Å². The third kappa shape index (κ3) is 4.14. The number of fused-ring (bicyclic) bond motifs is 2. The van der Waals surface area contributed by atoms with Gasteiger partial charge in [-0.3, -0.25) is 9.59 Å². The Morgan fingerprint density at radius 1 is 1.10 bits per heavy atom. The third-order valence-corrected chi connectivity index (χ3v) is 10.0.